The molecule has 1 aliphatic heterocycles. The van der Waals surface area contributed by atoms with Crippen LogP contribution in [0.3, 0.4) is 0 Å². The van der Waals surface area contributed by atoms with Crippen molar-refractivity contribution in [3.63, 3.8) is 0 Å². The molecule has 2 rings (SSSR count). The summed E-state index contributed by atoms with van der Waals surface area (Å²) in [5, 5.41) is 13.0. The number of carbonyl (C=O) groups excluding carboxylic acids is 1. The Morgan fingerprint density at radius 2 is 2.22 bits per heavy atom. The minimum atomic E-state index is -0.582. The first kappa shape index (κ1) is 21.8. The molecule has 0 aromatic heterocycles. The third-order valence-electron chi connectivity index (χ3n) is 4.89. The fraction of sp³-hybridized carbons (Fsp3) is 0.800. The maximum absolute atomic E-state index is 12.4. The van der Waals surface area contributed by atoms with Crippen LogP contribution in [0.5, 0.6) is 0 Å². The first-order chi connectivity index (χ1) is 12.9. The van der Waals surface area contributed by atoms with Crippen molar-refractivity contribution in [2.45, 2.75) is 70.3 Å². The molecular formula is C20H32N2O5. The zero-order valence-electron chi connectivity index (χ0n) is 16.7. The van der Waals surface area contributed by atoms with Crippen molar-refractivity contribution < 1.29 is 23.7 Å². The van der Waals surface area contributed by atoms with E-state index in [9.17, 15) is 10.1 Å². The molecule has 1 heterocycles. The molecule has 2 aliphatic rings. The predicted octanol–water partition coefficient (Wildman–Crippen LogP) is 2.46. The summed E-state index contributed by atoms with van der Waals surface area (Å²) in [7, 11) is 1.69. The molecule has 1 aliphatic carbocycles. The van der Waals surface area contributed by atoms with Gasteiger partial charge in [0.25, 0.3) is 0 Å². The van der Waals surface area contributed by atoms with Gasteiger partial charge in [0.05, 0.1) is 19.3 Å². The summed E-state index contributed by atoms with van der Waals surface area (Å²) < 4.78 is 21.6. The SMILES string of the molecule is COCCCNC1CCC/C(=C(\C#N)C(=O)OCCC2COC(C)(C)O2)C1. The van der Waals surface area contributed by atoms with Crippen molar-refractivity contribution in [2.75, 3.05) is 33.5 Å². The van der Waals surface area contributed by atoms with Crippen molar-refractivity contribution in [1.29, 1.82) is 5.26 Å². The fourth-order valence-corrected chi connectivity index (χ4v) is 3.52. The third kappa shape index (κ3) is 7.23. The number of hydrogen-bond donors (Lipinski definition) is 1. The van der Waals surface area contributed by atoms with Gasteiger partial charge in [-0.1, -0.05) is 0 Å². The summed E-state index contributed by atoms with van der Waals surface area (Å²) in [5.41, 5.74) is 1.07. The van der Waals surface area contributed by atoms with E-state index in [-0.39, 0.29) is 18.3 Å². The highest BCUT2D eigenvalue weighted by Crippen LogP contribution is 2.27. The Bertz CT molecular complexity index is 567. The van der Waals surface area contributed by atoms with E-state index in [0.29, 0.717) is 19.1 Å². The lowest BCUT2D eigenvalue weighted by atomic mass is 9.87. The van der Waals surface area contributed by atoms with E-state index in [2.05, 4.69) is 11.4 Å². The van der Waals surface area contributed by atoms with Gasteiger partial charge in [0.1, 0.15) is 11.6 Å². The van der Waals surface area contributed by atoms with Crippen LogP contribution in [0.4, 0.5) is 0 Å². The van der Waals surface area contributed by atoms with Crippen LogP contribution in [-0.2, 0) is 23.7 Å². The predicted molar refractivity (Wildman–Crippen MR) is 99.9 cm³/mol. The molecule has 7 nitrogen and oxygen atoms in total. The van der Waals surface area contributed by atoms with Crippen molar-refractivity contribution in [3.8, 4) is 6.07 Å². The molecule has 2 unspecified atom stereocenters. The van der Waals surface area contributed by atoms with Gasteiger partial charge in [0.15, 0.2) is 5.79 Å². The summed E-state index contributed by atoms with van der Waals surface area (Å²) in [6.07, 6.45) is 4.95. The van der Waals surface area contributed by atoms with Gasteiger partial charge in [-0.3, -0.25) is 0 Å². The Labute approximate surface area is 162 Å². The number of ether oxygens (including phenoxy) is 4. The lowest BCUT2D eigenvalue weighted by molar-refractivity contribution is -0.145. The van der Waals surface area contributed by atoms with Crippen molar-refractivity contribution in [3.05, 3.63) is 11.1 Å². The summed E-state index contributed by atoms with van der Waals surface area (Å²) in [6.45, 7) is 6.04. The number of methoxy groups -OCH3 is 1. The standard InChI is InChI=1S/C20H32N2O5/c1-20(2)26-14-17(27-20)8-11-25-19(23)18(13-21)15-6-4-7-16(12-15)22-9-5-10-24-3/h16-17,22H,4-12,14H2,1-3H3/b18-15-. The molecule has 2 atom stereocenters. The van der Waals surface area contributed by atoms with Gasteiger partial charge in [-0.25, -0.2) is 4.79 Å². The van der Waals surface area contributed by atoms with E-state index in [4.69, 9.17) is 18.9 Å². The van der Waals surface area contributed by atoms with Crippen molar-refractivity contribution >= 4 is 5.97 Å². The number of carbonyl (C=O) groups is 1. The van der Waals surface area contributed by atoms with Crippen LogP contribution in [0.15, 0.2) is 11.1 Å². The molecule has 0 aromatic carbocycles. The molecule has 27 heavy (non-hydrogen) atoms. The molecule has 1 saturated heterocycles. The van der Waals surface area contributed by atoms with Crippen LogP contribution < -0.4 is 5.32 Å². The second-order valence-corrected chi connectivity index (χ2v) is 7.56. The third-order valence-corrected chi connectivity index (χ3v) is 4.89. The average molecular weight is 380 g/mol. The van der Waals surface area contributed by atoms with Crippen molar-refractivity contribution in [2.24, 2.45) is 0 Å². The average Bonchev–Trinajstić information content (AvgIpc) is 2.99. The van der Waals surface area contributed by atoms with Crippen LogP contribution >= 0.6 is 0 Å². The van der Waals surface area contributed by atoms with Crippen molar-refractivity contribution in [1.82, 2.24) is 5.32 Å². The van der Waals surface area contributed by atoms with E-state index in [1.165, 1.54) is 0 Å². The molecule has 0 aromatic rings. The van der Waals surface area contributed by atoms with Gasteiger partial charge in [-0.2, -0.15) is 5.26 Å². The first-order valence-electron chi connectivity index (χ1n) is 9.78. The molecule has 0 amide bonds. The number of hydrogen-bond acceptors (Lipinski definition) is 7. The summed E-state index contributed by atoms with van der Waals surface area (Å²) in [6, 6.07) is 2.36. The van der Waals surface area contributed by atoms with Gasteiger partial charge >= 0.3 is 5.97 Å². The number of nitrogens with zero attached hydrogens (tertiary/aromatic N) is 1. The molecule has 2 fully saturated rings. The van der Waals surface area contributed by atoms with Gasteiger partial charge in [0, 0.05) is 26.2 Å². The Morgan fingerprint density at radius 1 is 1.41 bits per heavy atom. The maximum atomic E-state index is 12.4. The zero-order chi connectivity index (χ0) is 19.7. The Hall–Kier alpha value is -1.46. The van der Waals surface area contributed by atoms with Crippen LogP contribution in [0.1, 0.15) is 52.4 Å². The number of esters is 1. The molecule has 0 bridgehead atoms. The normalized spacial score (nSPS) is 26.4. The van der Waals surface area contributed by atoms with Gasteiger partial charge in [-0.05, 0) is 58.1 Å². The Balaban J connectivity index is 1.80. The van der Waals surface area contributed by atoms with Crippen LogP contribution in [-0.4, -0.2) is 57.4 Å². The maximum Gasteiger partial charge on any atom is 0.348 e. The first-order valence-corrected chi connectivity index (χ1v) is 9.78. The minimum absolute atomic E-state index is 0.0821. The van der Waals surface area contributed by atoms with E-state index < -0.39 is 11.8 Å². The van der Waals surface area contributed by atoms with E-state index in [0.717, 1.165) is 50.8 Å². The number of nitriles is 1. The molecule has 0 radical (unpaired) electrons. The second kappa shape index (κ2) is 10.8. The smallest absolute Gasteiger partial charge is 0.348 e. The molecular weight excluding hydrogens is 348 g/mol. The largest absolute Gasteiger partial charge is 0.461 e. The van der Waals surface area contributed by atoms with Crippen LogP contribution in [0, 0.1) is 11.3 Å². The van der Waals surface area contributed by atoms with Gasteiger partial charge < -0.3 is 24.3 Å². The van der Waals surface area contributed by atoms with Crippen LogP contribution in [0.25, 0.3) is 0 Å². The topological polar surface area (TPSA) is 89.8 Å². The van der Waals surface area contributed by atoms with E-state index in [1.807, 2.05) is 13.8 Å². The second-order valence-electron chi connectivity index (χ2n) is 7.56. The Morgan fingerprint density at radius 3 is 2.89 bits per heavy atom. The van der Waals surface area contributed by atoms with E-state index in [1.54, 1.807) is 7.11 Å². The highest BCUT2D eigenvalue weighted by Gasteiger charge is 2.32. The highest BCUT2D eigenvalue weighted by atomic mass is 16.7. The lowest BCUT2D eigenvalue weighted by Gasteiger charge is -2.26. The summed E-state index contributed by atoms with van der Waals surface area (Å²) >= 11 is 0. The highest BCUT2D eigenvalue weighted by molar-refractivity contribution is 5.93. The number of rotatable bonds is 9. The summed E-state index contributed by atoms with van der Waals surface area (Å²) in [4.78, 5) is 12.4. The molecule has 152 valence electrons. The molecule has 7 heteroatoms. The van der Waals surface area contributed by atoms with Gasteiger partial charge in [-0.15, -0.1) is 0 Å². The fourth-order valence-electron chi connectivity index (χ4n) is 3.52. The lowest BCUT2D eigenvalue weighted by Crippen LogP contribution is -2.33. The Kier molecular flexibility index (Phi) is 8.71. The van der Waals surface area contributed by atoms with Crippen LogP contribution in [0.2, 0.25) is 0 Å². The zero-order valence-corrected chi connectivity index (χ0v) is 16.7. The summed E-state index contributed by atoms with van der Waals surface area (Å²) in [5.74, 6) is -1.10. The van der Waals surface area contributed by atoms with E-state index >= 15 is 0 Å². The molecule has 0 spiro atoms. The molecule has 1 N–H and O–H groups in total. The monoisotopic (exact) mass is 380 g/mol. The number of nitrogens with one attached hydrogen (secondary N) is 1. The quantitative estimate of drug-likeness (QED) is 0.284. The minimum Gasteiger partial charge on any atom is -0.461 e. The van der Waals surface area contributed by atoms with Gasteiger partial charge in [0.2, 0.25) is 0 Å². The molecule has 1 saturated carbocycles.